The second kappa shape index (κ2) is 7.11. The van der Waals surface area contributed by atoms with E-state index in [4.69, 9.17) is 0 Å². The van der Waals surface area contributed by atoms with Gasteiger partial charge in [-0.2, -0.15) is 0 Å². The lowest BCUT2D eigenvalue weighted by atomic mass is 9.95. The van der Waals surface area contributed by atoms with E-state index in [1.54, 1.807) is 0 Å². The number of benzene rings is 2. The molecular formula is C19H26N3P. The Hall–Kier alpha value is -1.25. The van der Waals surface area contributed by atoms with Gasteiger partial charge in [0.25, 0.3) is 0 Å². The minimum Gasteiger partial charge on any atom is -0.263 e. The fraction of sp³-hybridized carbons (Fsp3) is 0.368. The molecule has 4 heteroatoms. The predicted octanol–water partition coefficient (Wildman–Crippen LogP) is 4.52. The van der Waals surface area contributed by atoms with Crippen LogP contribution >= 0.6 is 8.37 Å². The van der Waals surface area contributed by atoms with Crippen LogP contribution in [0.3, 0.4) is 0 Å². The summed E-state index contributed by atoms with van der Waals surface area (Å²) in [6.07, 6.45) is 1.12. The molecule has 23 heavy (non-hydrogen) atoms. The summed E-state index contributed by atoms with van der Waals surface area (Å²) in [5.74, 6) is 0. The van der Waals surface area contributed by atoms with Gasteiger partial charge in [0.05, 0.1) is 0 Å². The summed E-state index contributed by atoms with van der Waals surface area (Å²) in [6, 6.07) is 22.7. The van der Waals surface area contributed by atoms with Crippen molar-refractivity contribution in [1.82, 2.24) is 14.0 Å². The average molecular weight is 327 g/mol. The van der Waals surface area contributed by atoms with Gasteiger partial charge in [0.15, 0.2) is 0 Å². The van der Waals surface area contributed by atoms with Crippen LogP contribution in [0.4, 0.5) is 0 Å². The number of rotatable bonds is 3. The fourth-order valence-corrected chi connectivity index (χ4v) is 6.13. The van der Waals surface area contributed by atoms with Crippen molar-refractivity contribution >= 4 is 8.37 Å². The zero-order chi connectivity index (χ0) is 16.4. The van der Waals surface area contributed by atoms with E-state index in [2.05, 4.69) is 103 Å². The molecule has 1 fully saturated rings. The Balaban J connectivity index is 1.98. The highest BCUT2D eigenvalue weighted by atomic mass is 31.2. The van der Waals surface area contributed by atoms with Crippen LogP contribution in [-0.2, 0) is 0 Å². The maximum absolute atomic E-state index is 2.55. The zero-order valence-electron chi connectivity index (χ0n) is 14.4. The molecule has 122 valence electrons. The summed E-state index contributed by atoms with van der Waals surface area (Å²) in [5.41, 5.74) is 2.83. The van der Waals surface area contributed by atoms with Gasteiger partial charge >= 0.3 is 0 Å². The van der Waals surface area contributed by atoms with Crippen molar-refractivity contribution < 1.29 is 0 Å². The standard InChI is InChI=1S/C19H26N3P/c1-20(2)23-21(3)18(16-11-7-5-8-12-16)15-19(22(23)4)17-13-9-6-10-14-17/h5-14,18-19H,15H2,1-4H3/t18-,19-/m1/s1. The van der Waals surface area contributed by atoms with Crippen molar-refractivity contribution in [1.29, 1.82) is 0 Å². The van der Waals surface area contributed by atoms with Gasteiger partial charge in [-0.15, -0.1) is 0 Å². The Morgan fingerprint density at radius 2 is 1.17 bits per heavy atom. The third-order valence-electron chi connectivity index (χ3n) is 4.64. The van der Waals surface area contributed by atoms with Gasteiger partial charge in [0.1, 0.15) is 8.37 Å². The van der Waals surface area contributed by atoms with E-state index in [0.29, 0.717) is 12.1 Å². The first kappa shape index (κ1) is 16.6. The first-order chi connectivity index (χ1) is 11.1. The summed E-state index contributed by atoms with van der Waals surface area (Å²) in [5, 5.41) is 0. The molecule has 0 bridgehead atoms. The highest BCUT2D eigenvalue weighted by Crippen LogP contribution is 2.58. The number of hydrogen-bond donors (Lipinski definition) is 0. The second-order valence-electron chi connectivity index (χ2n) is 6.35. The lowest BCUT2D eigenvalue weighted by molar-refractivity contribution is 0.212. The molecule has 1 saturated heterocycles. The molecule has 1 aliphatic rings. The van der Waals surface area contributed by atoms with E-state index in [9.17, 15) is 0 Å². The molecule has 0 aromatic heterocycles. The Morgan fingerprint density at radius 1 is 0.783 bits per heavy atom. The van der Waals surface area contributed by atoms with Crippen LogP contribution in [0.15, 0.2) is 60.7 Å². The number of hydrogen-bond acceptors (Lipinski definition) is 3. The number of nitrogens with zero attached hydrogens (tertiary/aromatic N) is 3. The lowest BCUT2D eigenvalue weighted by Crippen LogP contribution is -2.41. The zero-order valence-corrected chi connectivity index (χ0v) is 15.3. The monoisotopic (exact) mass is 327 g/mol. The van der Waals surface area contributed by atoms with Crippen molar-refractivity contribution in [3.8, 4) is 0 Å². The van der Waals surface area contributed by atoms with E-state index in [1.807, 2.05) is 0 Å². The largest absolute Gasteiger partial charge is 0.263 e. The lowest BCUT2D eigenvalue weighted by Gasteiger charge is -2.51. The van der Waals surface area contributed by atoms with E-state index < -0.39 is 8.37 Å². The van der Waals surface area contributed by atoms with Gasteiger partial charge in [-0.3, -0.25) is 14.0 Å². The van der Waals surface area contributed by atoms with Crippen LogP contribution in [0.25, 0.3) is 0 Å². The molecular weight excluding hydrogens is 301 g/mol. The van der Waals surface area contributed by atoms with Gasteiger partial charge < -0.3 is 0 Å². The Kier molecular flexibility index (Phi) is 5.13. The molecule has 0 saturated carbocycles. The summed E-state index contributed by atoms with van der Waals surface area (Å²) in [4.78, 5) is 0. The van der Waals surface area contributed by atoms with Gasteiger partial charge in [-0.1, -0.05) is 60.7 Å². The molecule has 0 spiro atoms. The maximum Gasteiger partial charge on any atom is 0.120 e. The average Bonchev–Trinajstić information content (AvgIpc) is 2.56. The Labute approximate surface area is 141 Å². The van der Waals surface area contributed by atoms with E-state index in [0.717, 1.165) is 6.42 Å². The SMILES string of the molecule is CN(C)P1N(C)[C@@H](c2ccccc2)C[C@H](c2ccccc2)N1C. The van der Waals surface area contributed by atoms with E-state index >= 15 is 0 Å². The molecule has 3 rings (SSSR count). The fourth-order valence-electron chi connectivity index (χ4n) is 3.61. The van der Waals surface area contributed by atoms with Crippen molar-refractivity contribution in [2.24, 2.45) is 0 Å². The first-order valence-corrected chi connectivity index (χ1v) is 9.32. The summed E-state index contributed by atoms with van der Waals surface area (Å²) in [7, 11) is 8.43. The minimum absolute atomic E-state index is 0.450. The smallest absolute Gasteiger partial charge is 0.120 e. The van der Waals surface area contributed by atoms with Crippen LogP contribution in [0, 0.1) is 0 Å². The highest BCUT2D eigenvalue weighted by Gasteiger charge is 2.40. The first-order valence-electron chi connectivity index (χ1n) is 8.12. The summed E-state index contributed by atoms with van der Waals surface area (Å²) < 4.78 is 7.45. The summed E-state index contributed by atoms with van der Waals surface area (Å²) >= 11 is 0. The van der Waals surface area contributed by atoms with Gasteiger partial charge in [0.2, 0.25) is 0 Å². The summed E-state index contributed by atoms with van der Waals surface area (Å²) in [6.45, 7) is 0. The minimum atomic E-state index is -0.479. The molecule has 0 N–H and O–H groups in total. The molecule has 1 aliphatic heterocycles. The van der Waals surface area contributed by atoms with Crippen LogP contribution in [0.5, 0.6) is 0 Å². The molecule has 0 radical (unpaired) electrons. The van der Waals surface area contributed by atoms with Gasteiger partial charge in [-0.05, 0) is 45.7 Å². The van der Waals surface area contributed by atoms with E-state index in [-0.39, 0.29) is 0 Å². The molecule has 2 aromatic rings. The molecule has 2 aromatic carbocycles. The van der Waals surface area contributed by atoms with Crippen LogP contribution in [0.1, 0.15) is 29.6 Å². The molecule has 0 aliphatic carbocycles. The molecule has 0 amide bonds. The van der Waals surface area contributed by atoms with Crippen LogP contribution < -0.4 is 0 Å². The van der Waals surface area contributed by atoms with Gasteiger partial charge in [0, 0.05) is 12.1 Å². The third kappa shape index (κ3) is 3.34. The van der Waals surface area contributed by atoms with E-state index in [1.165, 1.54) is 11.1 Å². The quantitative estimate of drug-likeness (QED) is 0.767. The van der Waals surface area contributed by atoms with Crippen LogP contribution in [0.2, 0.25) is 0 Å². The third-order valence-corrected chi connectivity index (χ3v) is 7.04. The van der Waals surface area contributed by atoms with Gasteiger partial charge in [-0.25, -0.2) is 0 Å². The van der Waals surface area contributed by atoms with Crippen molar-refractivity contribution in [3.05, 3.63) is 71.8 Å². The topological polar surface area (TPSA) is 9.72 Å². The van der Waals surface area contributed by atoms with Crippen molar-refractivity contribution in [3.63, 3.8) is 0 Å². The molecule has 1 heterocycles. The van der Waals surface area contributed by atoms with Crippen molar-refractivity contribution in [2.45, 2.75) is 18.5 Å². The Morgan fingerprint density at radius 3 is 1.52 bits per heavy atom. The highest BCUT2D eigenvalue weighted by molar-refractivity contribution is 7.50. The normalized spacial score (nSPS) is 26.6. The predicted molar refractivity (Wildman–Crippen MR) is 99.1 cm³/mol. The van der Waals surface area contributed by atoms with Crippen molar-refractivity contribution in [2.75, 3.05) is 28.2 Å². The van der Waals surface area contributed by atoms with Crippen LogP contribution in [-0.4, -0.2) is 42.2 Å². The Bertz CT molecular complexity index is 566. The second-order valence-corrected chi connectivity index (χ2v) is 8.95. The maximum atomic E-state index is 2.55. The molecule has 2 atom stereocenters. The molecule has 0 unspecified atom stereocenters. The molecule has 3 nitrogen and oxygen atoms in total.